The molecule has 5 nitrogen and oxygen atoms in total. The minimum absolute atomic E-state index is 0.114. The second kappa shape index (κ2) is 5.38. The van der Waals surface area contributed by atoms with Gasteiger partial charge in [-0.2, -0.15) is 0 Å². The van der Waals surface area contributed by atoms with Crippen molar-refractivity contribution in [2.45, 2.75) is 0 Å². The Morgan fingerprint density at radius 2 is 1.62 bits per heavy atom. The quantitative estimate of drug-likeness (QED) is 0.531. The molecule has 0 radical (unpaired) electrons. The van der Waals surface area contributed by atoms with Crippen LogP contribution in [0.5, 0.6) is 0 Å². The summed E-state index contributed by atoms with van der Waals surface area (Å²) in [5.74, 6) is -0.407. The molecule has 2 heterocycles. The lowest BCUT2D eigenvalue weighted by atomic mass is 9.99. The summed E-state index contributed by atoms with van der Waals surface area (Å²) in [6.07, 6.45) is 0. The van der Waals surface area contributed by atoms with Crippen LogP contribution in [-0.2, 0) is 0 Å². The lowest BCUT2D eigenvalue weighted by molar-refractivity contribution is 0.0962. The fourth-order valence-corrected chi connectivity index (χ4v) is 3.11. The van der Waals surface area contributed by atoms with E-state index in [4.69, 9.17) is 0 Å². The third-order valence-corrected chi connectivity index (χ3v) is 4.19. The first-order valence-electron chi connectivity index (χ1n) is 7.65. The summed E-state index contributed by atoms with van der Waals surface area (Å²) in [6, 6.07) is 17.2. The average Bonchev–Trinajstić information content (AvgIpc) is 2.99. The van der Waals surface area contributed by atoms with Gasteiger partial charge in [0.05, 0.1) is 11.0 Å². The highest BCUT2D eigenvalue weighted by Crippen LogP contribution is 2.32. The number of fused-ring (bicyclic) bond motifs is 3. The number of hydrogen-bond acceptors (Lipinski definition) is 2. The topological polar surface area (TPSA) is 77.8 Å². The second-order valence-electron chi connectivity index (χ2n) is 5.57. The van der Waals surface area contributed by atoms with Crippen LogP contribution in [0.1, 0.15) is 10.4 Å². The van der Waals surface area contributed by atoms with E-state index in [1.807, 2.05) is 54.6 Å². The number of carbonyl (C=O) groups is 1. The molecule has 0 aliphatic carbocycles. The highest BCUT2D eigenvalue weighted by atomic mass is 16.2. The first kappa shape index (κ1) is 14.3. The van der Waals surface area contributed by atoms with Crippen LogP contribution in [-0.4, -0.2) is 22.9 Å². The third kappa shape index (κ3) is 2.02. The highest BCUT2D eigenvalue weighted by Gasteiger charge is 2.21. The van der Waals surface area contributed by atoms with Gasteiger partial charge in [0.15, 0.2) is 0 Å². The molecule has 2 aromatic carbocycles. The predicted octanol–water partition coefficient (Wildman–Crippen LogP) is 3.04. The van der Waals surface area contributed by atoms with Crippen LogP contribution in [0.4, 0.5) is 0 Å². The molecule has 4 aromatic rings. The molecule has 0 aliphatic rings. The van der Waals surface area contributed by atoms with Gasteiger partial charge < -0.3 is 15.3 Å². The Balaban J connectivity index is 2.23. The SMILES string of the molecule is CNC(=O)c1c(-c2ccccc2)c2[nH]c3ccccc3c2[nH]c1=O. The number of pyridine rings is 1. The Labute approximate surface area is 137 Å². The number of para-hydroxylation sites is 1. The normalized spacial score (nSPS) is 11.0. The molecule has 4 rings (SSSR count). The maximum Gasteiger partial charge on any atom is 0.262 e. The highest BCUT2D eigenvalue weighted by molar-refractivity contribution is 6.14. The van der Waals surface area contributed by atoms with Gasteiger partial charge >= 0.3 is 0 Å². The standard InChI is InChI=1S/C19H15N3O2/c1-20-18(23)15-14(11-7-3-2-4-8-11)17-16(22-19(15)24)12-9-5-6-10-13(12)21-17/h2-10,21H,1H3,(H,20,23)(H,22,24). The Hall–Kier alpha value is -3.34. The Kier molecular flexibility index (Phi) is 3.20. The van der Waals surface area contributed by atoms with Gasteiger partial charge in [-0.25, -0.2) is 0 Å². The molecule has 5 heteroatoms. The van der Waals surface area contributed by atoms with Gasteiger partial charge in [0, 0.05) is 23.5 Å². The van der Waals surface area contributed by atoms with Crippen molar-refractivity contribution in [1.29, 1.82) is 0 Å². The van der Waals surface area contributed by atoms with Gasteiger partial charge in [-0.1, -0.05) is 48.5 Å². The molecule has 24 heavy (non-hydrogen) atoms. The molecule has 0 saturated carbocycles. The van der Waals surface area contributed by atoms with Gasteiger partial charge in [-0.05, 0) is 11.6 Å². The maximum atomic E-state index is 12.6. The summed E-state index contributed by atoms with van der Waals surface area (Å²) >= 11 is 0. The van der Waals surface area contributed by atoms with Crippen LogP contribution >= 0.6 is 0 Å². The minimum Gasteiger partial charge on any atom is -0.355 e. The van der Waals surface area contributed by atoms with Crippen LogP contribution in [0.3, 0.4) is 0 Å². The van der Waals surface area contributed by atoms with Gasteiger partial charge in [0.25, 0.3) is 11.5 Å². The van der Waals surface area contributed by atoms with E-state index in [-0.39, 0.29) is 5.56 Å². The molecule has 0 fully saturated rings. The zero-order chi connectivity index (χ0) is 16.7. The third-order valence-electron chi connectivity index (χ3n) is 4.19. The summed E-state index contributed by atoms with van der Waals surface area (Å²) in [5, 5.41) is 3.48. The Morgan fingerprint density at radius 1 is 0.917 bits per heavy atom. The zero-order valence-corrected chi connectivity index (χ0v) is 13.0. The number of nitrogens with one attached hydrogen (secondary N) is 3. The molecule has 118 valence electrons. The van der Waals surface area contributed by atoms with E-state index in [0.29, 0.717) is 11.1 Å². The molecule has 3 N–H and O–H groups in total. The van der Waals surface area contributed by atoms with Gasteiger partial charge in [0.1, 0.15) is 5.56 Å². The summed E-state index contributed by atoms with van der Waals surface area (Å²) in [6.45, 7) is 0. The van der Waals surface area contributed by atoms with E-state index in [2.05, 4.69) is 15.3 Å². The average molecular weight is 317 g/mol. The number of hydrogen-bond donors (Lipinski definition) is 3. The number of aromatic nitrogens is 2. The van der Waals surface area contributed by atoms with Crippen molar-refractivity contribution in [1.82, 2.24) is 15.3 Å². The van der Waals surface area contributed by atoms with Crippen molar-refractivity contribution in [2.75, 3.05) is 7.05 Å². The smallest absolute Gasteiger partial charge is 0.262 e. The minimum atomic E-state index is -0.407. The number of rotatable bonds is 2. The van der Waals surface area contributed by atoms with Crippen molar-refractivity contribution in [3.8, 4) is 11.1 Å². The van der Waals surface area contributed by atoms with E-state index >= 15 is 0 Å². The van der Waals surface area contributed by atoms with E-state index in [1.165, 1.54) is 7.05 Å². The summed E-state index contributed by atoms with van der Waals surface area (Å²) in [4.78, 5) is 31.2. The molecule has 0 bridgehead atoms. The molecule has 1 amide bonds. The molecular formula is C19H15N3O2. The van der Waals surface area contributed by atoms with E-state index in [1.54, 1.807) is 0 Å². The Morgan fingerprint density at radius 3 is 2.38 bits per heavy atom. The van der Waals surface area contributed by atoms with Crippen LogP contribution in [0.25, 0.3) is 33.1 Å². The van der Waals surface area contributed by atoms with Crippen LogP contribution in [0.15, 0.2) is 59.4 Å². The Bertz CT molecular complexity index is 1120. The van der Waals surface area contributed by atoms with Crippen molar-refractivity contribution in [3.63, 3.8) is 0 Å². The summed E-state index contributed by atoms with van der Waals surface area (Å²) in [5.41, 5.74) is 3.52. The molecular weight excluding hydrogens is 302 g/mol. The number of carbonyl (C=O) groups excluding carboxylic acids is 1. The number of aromatic amines is 2. The molecule has 0 atom stereocenters. The maximum absolute atomic E-state index is 12.6. The van der Waals surface area contributed by atoms with Gasteiger partial charge in [-0.15, -0.1) is 0 Å². The first-order valence-corrected chi connectivity index (χ1v) is 7.65. The molecule has 0 unspecified atom stereocenters. The largest absolute Gasteiger partial charge is 0.355 e. The molecule has 2 aromatic heterocycles. The van der Waals surface area contributed by atoms with Crippen LogP contribution in [0.2, 0.25) is 0 Å². The summed E-state index contributed by atoms with van der Waals surface area (Å²) in [7, 11) is 1.52. The number of amides is 1. The number of benzene rings is 2. The molecule has 0 spiro atoms. The van der Waals surface area contributed by atoms with E-state index in [9.17, 15) is 9.59 Å². The first-order chi connectivity index (χ1) is 11.7. The molecule has 0 aliphatic heterocycles. The van der Waals surface area contributed by atoms with Crippen LogP contribution in [0, 0.1) is 0 Å². The second-order valence-corrected chi connectivity index (χ2v) is 5.57. The molecule has 0 saturated heterocycles. The van der Waals surface area contributed by atoms with Crippen molar-refractivity contribution < 1.29 is 4.79 Å². The lowest BCUT2D eigenvalue weighted by Crippen LogP contribution is -2.27. The number of H-pyrrole nitrogens is 2. The fourth-order valence-electron chi connectivity index (χ4n) is 3.11. The van der Waals surface area contributed by atoms with Gasteiger partial charge in [-0.3, -0.25) is 9.59 Å². The van der Waals surface area contributed by atoms with Gasteiger partial charge in [0.2, 0.25) is 0 Å². The van der Waals surface area contributed by atoms with E-state index < -0.39 is 11.5 Å². The lowest BCUT2D eigenvalue weighted by Gasteiger charge is -2.09. The summed E-state index contributed by atoms with van der Waals surface area (Å²) < 4.78 is 0. The fraction of sp³-hybridized carbons (Fsp3) is 0.0526. The predicted molar refractivity (Wildman–Crippen MR) is 95.3 cm³/mol. The van der Waals surface area contributed by atoms with Crippen molar-refractivity contribution in [2.24, 2.45) is 0 Å². The van der Waals surface area contributed by atoms with Crippen molar-refractivity contribution in [3.05, 3.63) is 70.5 Å². The van der Waals surface area contributed by atoms with E-state index in [0.717, 1.165) is 22.0 Å². The van der Waals surface area contributed by atoms with Crippen molar-refractivity contribution >= 4 is 27.8 Å². The van der Waals surface area contributed by atoms with Crippen LogP contribution < -0.4 is 10.9 Å². The zero-order valence-electron chi connectivity index (χ0n) is 13.0. The monoisotopic (exact) mass is 317 g/mol.